The van der Waals surface area contributed by atoms with Gasteiger partial charge >= 0.3 is 5.97 Å². The van der Waals surface area contributed by atoms with E-state index in [1.54, 1.807) is 12.4 Å². The highest BCUT2D eigenvalue weighted by atomic mass is 35.5. The fourth-order valence-corrected chi connectivity index (χ4v) is 5.78. The zero-order valence-electron chi connectivity index (χ0n) is 20.0. The molecule has 3 heterocycles. The number of fused-ring (bicyclic) bond motifs is 2. The van der Waals surface area contributed by atoms with E-state index in [9.17, 15) is 4.79 Å². The summed E-state index contributed by atoms with van der Waals surface area (Å²) in [6.07, 6.45) is 8.64. The number of aliphatic imine (C=N–C) groups is 2. The van der Waals surface area contributed by atoms with Crippen LogP contribution in [0, 0.1) is 11.8 Å². The van der Waals surface area contributed by atoms with Gasteiger partial charge in [0.25, 0.3) is 0 Å². The Kier molecular flexibility index (Phi) is 5.78. The van der Waals surface area contributed by atoms with Gasteiger partial charge in [0.1, 0.15) is 11.9 Å². The van der Waals surface area contributed by atoms with Crippen molar-refractivity contribution in [3.05, 3.63) is 84.3 Å². The summed E-state index contributed by atoms with van der Waals surface area (Å²) >= 11 is 7.23. The van der Waals surface area contributed by atoms with E-state index in [0.29, 0.717) is 0 Å². The summed E-state index contributed by atoms with van der Waals surface area (Å²) in [5, 5.41) is 1.07. The largest absolute Gasteiger partial charge is 0.469 e. The number of carbonyl (C=O) groups is 1. The van der Waals surface area contributed by atoms with Gasteiger partial charge in [-0.3, -0.25) is 9.79 Å². The summed E-state index contributed by atoms with van der Waals surface area (Å²) < 4.78 is 4.96. The lowest BCUT2D eigenvalue weighted by atomic mass is 9.81. The van der Waals surface area contributed by atoms with Crippen molar-refractivity contribution < 1.29 is 13.5 Å². The number of quaternary nitrogens is 1. The molecule has 1 aliphatic carbocycles. The van der Waals surface area contributed by atoms with E-state index >= 15 is 0 Å². The van der Waals surface area contributed by atoms with Crippen molar-refractivity contribution in [2.75, 3.05) is 7.11 Å². The molecule has 1 fully saturated rings. The van der Waals surface area contributed by atoms with Crippen molar-refractivity contribution in [2.24, 2.45) is 21.8 Å². The van der Waals surface area contributed by atoms with Gasteiger partial charge in [-0.2, -0.15) is 4.99 Å². The van der Waals surface area contributed by atoms with E-state index in [1.165, 1.54) is 7.11 Å². The van der Waals surface area contributed by atoms with Gasteiger partial charge in [-0.15, -0.1) is 4.00 Å². The number of rotatable bonds is 4. The summed E-state index contributed by atoms with van der Waals surface area (Å²) in [6, 6.07) is 20.6. The minimum Gasteiger partial charge on any atom is -0.469 e. The van der Waals surface area contributed by atoms with E-state index in [4.69, 9.17) is 26.5 Å². The first-order valence-corrected chi connectivity index (χ1v) is 12.6. The lowest BCUT2D eigenvalue weighted by Gasteiger charge is -2.31. The molecule has 0 N–H and O–H groups in total. The molecule has 1 saturated carbocycles. The number of hydrogen-bond donors (Lipinski definition) is 0. The fourth-order valence-electron chi connectivity index (χ4n) is 5.43. The van der Waals surface area contributed by atoms with E-state index in [1.807, 2.05) is 24.4 Å². The van der Waals surface area contributed by atoms with Crippen molar-refractivity contribution in [1.29, 1.82) is 0 Å². The Morgan fingerprint density at radius 3 is 2.56 bits per heavy atom. The molecule has 6 nitrogen and oxygen atoms in total. The molecule has 3 aliphatic rings. The van der Waals surface area contributed by atoms with Crippen molar-refractivity contribution >= 4 is 46.4 Å². The van der Waals surface area contributed by atoms with Crippen LogP contribution in [0.3, 0.4) is 0 Å². The molecule has 180 valence electrons. The van der Waals surface area contributed by atoms with Crippen LogP contribution < -0.4 is 0 Å². The first kappa shape index (κ1) is 22.8. The molecule has 1 unspecified atom stereocenters. The molecule has 1 atom stereocenters. The Balaban J connectivity index is 1.37. The molecule has 0 saturated heterocycles. The van der Waals surface area contributed by atoms with Gasteiger partial charge in [0.15, 0.2) is 11.8 Å². The third kappa shape index (κ3) is 3.87. The van der Waals surface area contributed by atoms with Crippen LogP contribution in [0.2, 0.25) is 0 Å². The lowest BCUT2D eigenvalue weighted by molar-refractivity contribution is -0.604. The summed E-state index contributed by atoms with van der Waals surface area (Å²) in [5.74, 6) is 0.890. The first-order valence-electron chi connectivity index (χ1n) is 12.2. The van der Waals surface area contributed by atoms with Crippen LogP contribution in [0.15, 0.2) is 88.7 Å². The highest BCUT2D eigenvalue weighted by Gasteiger charge is 2.49. The van der Waals surface area contributed by atoms with E-state index in [0.717, 1.165) is 70.6 Å². The Labute approximate surface area is 215 Å². The number of carbonyl (C=O) groups excluding carboxylic acids is 1. The molecule has 36 heavy (non-hydrogen) atoms. The standard InChI is InChI=1S/C29H26ClN4O2/c1-36-29(35)22-10-8-21(9-11-22)28-33-27(26-18-31-15-16-34(26,28)30)23-12-7-20-13-14-24(32-25(20)17-23)19-5-3-2-4-6-19/h2-7,12-18,21-22H,8-11H2,1H3/q+1/t21-,22-,34?. The number of pyridine rings is 1. The van der Waals surface area contributed by atoms with Gasteiger partial charge in [-0.1, -0.05) is 48.5 Å². The normalized spacial score (nSPS) is 25.1. The number of esters is 1. The summed E-state index contributed by atoms with van der Waals surface area (Å²) in [5.41, 5.74) is 5.52. The maximum atomic E-state index is 12.0. The van der Waals surface area contributed by atoms with Gasteiger partial charge in [0, 0.05) is 16.5 Å². The van der Waals surface area contributed by atoms with E-state index in [-0.39, 0.29) is 21.8 Å². The van der Waals surface area contributed by atoms with Crippen LogP contribution in [0.4, 0.5) is 0 Å². The van der Waals surface area contributed by atoms with Crippen LogP contribution in [0.25, 0.3) is 27.9 Å². The topological polar surface area (TPSA) is 63.9 Å². The number of aromatic nitrogens is 1. The zero-order chi connectivity index (χ0) is 24.7. The molecule has 6 rings (SSSR count). The van der Waals surface area contributed by atoms with Gasteiger partial charge in [-0.05, 0) is 37.8 Å². The number of hydrogen-bond acceptors (Lipinski definition) is 5. The second-order valence-corrected chi connectivity index (χ2v) is 9.99. The van der Waals surface area contributed by atoms with Crippen LogP contribution >= 0.6 is 11.8 Å². The van der Waals surface area contributed by atoms with Crippen LogP contribution in [-0.4, -0.2) is 34.1 Å². The molecule has 2 aliphatic heterocycles. The van der Waals surface area contributed by atoms with Crippen molar-refractivity contribution in [3.8, 4) is 11.3 Å². The smallest absolute Gasteiger partial charge is 0.308 e. The highest BCUT2D eigenvalue weighted by Crippen LogP contribution is 2.44. The Hall–Kier alpha value is -3.61. The molecule has 1 aromatic heterocycles. The summed E-state index contributed by atoms with van der Waals surface area (Å²) in [6.45, 7) is 0. The molecule has 0 bridgehead atoms. The lowest BCUT2D eigenvalue weighted by Crippen LogP contribution is -2.42. The minimum atomic E-state index is -0.125. The average molecular weight is 498 g/mol. The molecular formula is C29H26ClN4O2+. The van der Waals surface area contributed by atoms with Gasteiger partial charge < -0.3 is 4.74 Å². The number of ether oxygens (including phenoxy) is 1. The second kappa shape index (κ2) is 9.12. The number of benzene rings is 2. The number of amidine groups is 1. The molecule has 2 aromatic carbocycles. The Morgan fingerprint density at radius 1 is 1.00 bits per heavy atom. The molecule has 0 spiro atoms. The van der Waals surface area contributed by atoms with Crippen LogP contribution in [-0.2, 0) is 9.53 Å². The maximum Gasteiger partial charge on any atom is 0.308 e. The third-order valence-corrected chi connectivity index (χ3v) is 7.84. The van der Waals surface area contributed by atoms with Crippen molar-refractivity contribution in [3.63, 3.8) is 0 Å². The average Bonchev–Trinajstić information content (AvgIpc) is 3.25. The summed E-state index contributed by atoms with van der Waals surface area (Å²) in [4.78, 5) is 26.5. The molecular weight excluding hydrogens is 472 g/mol. The SMILES string of the molecule is COC(=O)[C@H]1CC[C@H](C2=NC(c3ccc4ccc(-c5ccccc5)nc4c3)=C3C=NC=C[N+]32Cl)CC1. The predicted octanol–water partition coefficient (Wildman–Crippen LogP) is 6.49. The summed E-state index contributed by atoms with van der Waals surface area (Å²) in [7, 11) is 1.45. The van der Waals surface area contributed by atoms with Gasteiger partial charge in [-0.25, -0.2) is 4.98 Å². The van der Waals surface area contributed by atoms with E-state index < -0.39 is 0 Å². The number of allylic oxidation sites excluding steroid dienone is 1. The second-order valence-electron chi connectivity index (χ2n) is 9.46. The highest BCUT2D eigenvalue weighted by molar-refractivity contribution is 6.20. The molecule has 0 amide bonds. The number of halogens is 1. The van der Waals surface area contributed by atoms with Crippen molar-refractivity contribution in [2.45, 2.75) is 25.7 Å². The van der Waals surface area contributed by atoms with Crippen molar-refractivity contribution in [1.82, 2.24) is 4.98 Å². The van der Waals surface area contributed by atoms with Crippen LogP contribution in [0.5, 0.6) is 0 Å². The van der Waals surface area contributed by atoms with Gasteiger partial charge in [0.2, 0.25) is 11.5 Å². The number of methoxy groups -OCH3 is 1. The minimum absolute atomic E-state index is 0.00190. The molecule has 0 radical (unpaired) electrons. The predicted molar refractivity (Wildman–Crippen MR) is 143 cm³/mol. The monoisotopic (exact) mass is 497 g/mol. The zero-order valence-corrected chi connectivity index (χ0v) is 20.7. The van der Waals surface area contributed by atoms with Crippen LogP contribution in [0.1, 0.15) is 31.2 Å². The first-order chi connectivity index (χ1) is 17.6. The quantitative estimate of drug-likeness (QED) is 0.306. The fraction of sp³-hybridized carbons (Fsp3) is 0.241. The Morgan fingerprint density at radius 2 is 1.78 bits per heavy atom. The molecule has 3 aromatic rings. The Bertz CT molecular complexity index is 1470. The van der Waals surface area contributed by atoms with Gasteiger partial charge in [0.05, 0.1) is 42.6 Å². The maximum absolute atomic E-state index is 12.0. The third-order valence-electron chi connectivity index (χ3n) is 7.37. The number of nitrogens with zero attached hydrogens (tertiary/aromatic N) is 4. The van der Waals surface area contributed by atoms with E-state index in [2.05, 4.69) is 47.5 Å². The molecule has 7 heteroatoms.